The molecule has 0 radical (unpaired) electrons. The highest BCUT2D eigenvalue weighted by Crippen LogP contribution is 1.96. The second-order valence-corrected chi connectivity index (χ2v) is 3.93. The van der Waals surface area contributed by atoms with Gasteiger partial charge in [0.1, 0.15) is 0 Å². The van der Waals surface area contributed by atoms with Crippen molar-refractivity contribution in [1.82, 2.24) is 4.90 Å². The van der Waals surface area contributed by atoms with Crippen LogP contribution < -0.4 is 0 Å². The van der Waals surface area contributed by atoms with E-state index < -0.39 is 0 Å². The molecule has 0 unspecified atom stereocenters. The Morgan fingerprint density at radius 3 is 2.44 bits per heavy atom. The lowest BCUT2D eigenvalue weighted by Gasteiger charge is -2.19. The second kappa shape index (κ2) is 10.9. The summed E-state index contributed by atoms with van der Waals surface area (Å²) in [5, 5.41) is 8.87. The molecule has 0 aliphatic rings. The average molecular weight is 231 g/mol. The highest BCUT2D eigenvalue weighted by Gasteiger charge is 2.10. The Kier molecular flexibility index (Phi) is 10.5. The summed E-state index contributed by atoms with van der Waals surface area (Å²) in [6.07, 6.45) is 4.08. The van der Waals surface area contributed by atoms with Crippen molar-refractivity contribution in [2.45, 2.75) is 39.5 Å². The lowest BCUT2D eigenvalue weighted by molar-refractivity contribution is -0.145. The maximum Gasteiger partial charge on any atom is 0.320 e. The van der Waals surface area contributed by atoms with Crippen molar-refractivity contribution in [3.05, 3.63) is 0 Å². The van der Waals surface area contributed by atoms with E-state index in [1.54, 1.807) is 0 Å². The van der Waals surface area contributed by atoms with E-state index in [-0.39, 0.29) is 12.6 Å². The predicted molar refractivity (Wildman–Crippen MR) is 64.3 cm³/mol. The van der Waals surface area contributed by atoms with Crippen molar-refractivity contribution in [1.29, 1.82) is 0 Å². The van der Waals surface area contributed by atoms with Crippen molar-refractivity contribution in [3.63, 3.8) is 0 Å². The molecule has 1 N–H and O–H groups in total. The standard InChI is InChI=1S/C12H25NO3/c1-3-5-7-13(8-9-14)11-12(15)16-10-6-4-2/h14H,3-11H2,1-2H3. The zero-order chi connectivity index (χ0) is 12.2. The number of ether oxygens (including phenoxy) is 1. The van der Waals surface area contributed by atoms with E-state index in [9.17, 15) is 4.79 Å². The Morgan fingerprint density at radius 1 is 1.19 bits per heavy atom. The van der Waals surface area contributed by atoms with Crippen LogP contribution in [0.25, 0.3) is 0 Å². The summed E-state index contributed by atoms with van der Waals surface area (Å²) in [6, 6.07) is 0. The minimum Gasteiger partial charge on any atom is -0.465 e. The van der Waals surface area contributed by atoms with E-state index in [1.807, 2.05) is 4.90 Å². The van der Waals surface area contributed by atoms with E-state index in [4.69, 9.17) is 9.84 Å². The number of carbonyl (C=O) groups excluding carboxylic acids is 1. The van der Waals surface area contributed by atoms with Gasteiger partial charge in [0.15, 0.2) is 0 Å². The molecule has 0 bridgehead atoms. The van der Waals surface area contributed by atoms with Gasteiger partial charge in [-0.2, -0.15) is 0 Å². The summed E-state index contributed by atoms with van der Waals surface area (Å²) < 4.78 is 5.08. The third kappa shape index (κ3) is 8.68. The van der Waals surface area contributed by atoms with Crippen molar-refractivity contribution in [3.8, 4) is 0 Å². The third-order valence-electron chi connectivity index (χ3n) is 2.36. The molecular formula is C12H25NO3. The van der Waals surface area contributed by atoms with Crippen molar-refractivity contribution in [2.24, 2.45) is 0 Å². The molecular weight excluding hydrogens is 206 g/mol. The van der Waals surface area contributed by atoms with Crippen LogP contribution in [0.1, 0.15) is 39.5 Å². The number of unbranched alkanes of at least 4 members (excludes halogenated alkanes) is 2. The number of hydrogen-bond donors (Lipinski definition) is 1. The largest absolute Gasteiger partial charge is 0.465 e. The number of carbonyl (C=O) groups is 1. The molecule has 0 aliphatic carbocycles. The minimum absolute atomic E-state index is 0.0892. The fourth-order valence-corrected chi connectivity index (χ4v) is 1.35. The fraction of sp³-hybridized carbons (Fsp3) is 0.917. The fourth-order valence-electron chi connectivity index (χ4n) is 1.35. The Bertz CT molecular complexity index is 174. The molecule has 0 atom stereocenters. The summed E-state index contributed by atoms with van der Waals surface area (Å²) >= 11 is 0. The van der Waals surface area contributed by atoms with E-state index in [1.165, 1.54) is 0 Å². The van der Waals surface area contributed by atoms with Gasteiger partial charge in [-0.3, -0.25) is 9.69 Å². The monoisotopic (exact) mass is 231 g/mol. The van der Waals surface area contributed by atoms with Crippen molar-refractivity contribution >= 4 is 5.97 Å². The first-order valence-corrected chi connectivity index (χ1v) is 6.23. The minimum atomic E-state index is -0.182. The SMILES string of the molecule is CCCCOC(=O)CN(CCO)CCCC. The van der Waals surface area contributed by atoms with Crippen molar-refractivity contribution in [2.75, 3.05) is 32.8 Å². The number of nitrogens with zero attached hydrogens (tertiary/aromatic N) is 1. The Morgan fingerprint density at radius 2 is 1.88 bits per heavy atom. The van der Waals surface area contributed by atoms with Gasteiger partial charge >= 0.3 is 5.97 Å². The molecule has 4 heteroatoms. The number of aliphatic hydroxyl groups is 1. The van der Waals surface area contributed by atoms with Gasteiger partial charge in [0, 0.05) is 6.54 Å². The van der Waals surface area contributed by atoms with Gasteiger partial charge in [-0.25, -0.2) is 0 Å². The van der Waals surface area contributed by atoms with Gasteiger partial charge in [0.05, 0.1) is 19.8 Å². The first-order chi connectivity index (χ1) is 7.74. The number of rotatable bonds is 10. The third-order valence-corrected chi connectivity index (χ3v) is 2.36. The zero-order valence-electron chi connectivity index (χ0n) is 10.6. The molecule has 0 aromatic rings. The van der Waals surface area contributed by atoms with Crippen LogP contribution in [-0.4, -0.2) is 48.8 Å². The van der Waals surface area contributed by atoms with Gasteiger partial charge in [-0.1, -0.05) is 26.7 Å². The molecule has 96 valence electrons. The van der Waals surface area contributed by atoms with Crippen LogP contribution in [0, 0.1) is 0 Å². The molecule has 4 nitrogen and oxygen atoms in total. The van der Waals surface area contributed by atoms with E-state index in [0.717, 1.165) is 32.2 Å². The molecule has 0 aromatic heterocycles. The first kappa shape index (κ1) is 15.4. The summed E-state index contributed by atoms with van der Waals surface area (Å²) in [5.74, 6) is -0.182. The molecule has 0 heterocycles. The molecule has 0 aliphatic heterocycles. The lowest BCUT2D eigenvalue weighted by Crippen LogP contribution is -2.34. The molecule has 0 saturated heterocycles. The van der Waals surface area contributed by atoms with Crippen LogP contribution in [0.15, 0.2) is 0 Å². The van der Waals surface area contributed by atoms with Gasteiger partial charge < -0.3 is 9.84 Å². The van der Waals surface area contributed by atoms with E-state index >= 15 is 0 Å². The van der Waals surface area contributed by atoms with Gasteiger partial charge in [0.2, 0.25) is 0 Å². The summed E-state index contributed by atoms with van der Waals surface area (Å²) in [5.41, 5.74) is 0. The molecule has 16 heavy (non-hydrogen) atoms. The van der Waals surface area contributed by atoms with Crippen LogP contribution in [0.4, 0.5) is 0 Å². The second-order valence-electron chi connectivity index (χ2n) is 3.93. The van der Waals surface area contributed by atoms with Crippen LogP contribution >= 0.6 is 0 Å². The topological polar surface area (TPSA) is 49.8 Å². The number of hydrogen-bond acceptors (Lipinski definition) is 4. The van der Waals surface area contributed by atoms with Crippen LogP contribution in [0.3, 0.4) is 0 Å². The molecule has 0 saturated carbocycles. The summed E-state index contributed by atoms with van der Waals surface area (Å²) in [6.45, 7) is 6.46. The van der Waals surface area contributed by atoms with Gasteiger partial charge in [-0.15, -0.1) is 0 Å². The van der Waals surface area contributed by atoms with Crippen LogP contribution in [0.5, 0.6) is 0 Å². The maximum absolute atomic E-state index is 11.4. The molecule has 0 aromatic carbocycles. The average Bonchev–Trinajstić information content (AvgIpc) is 2.26. The lowest BCUT2D eigenvalue weighted by atomic mass is 10.3. The number of esters is 1. The molecule has 0 fully saturated rings. The zero-order valence-corrected chi connectivity index (χ0v) is 10.6. The maximum atomic E-state index is 11.4. The quantitative estimate of drug-likeness (QED) is 0.456. The highest BCUT2D eigenvalue weighted by molar-refractivity contribution is 5.71. The van der Waals surface area contributed by atoms with Crippen LogP contribution in [0.2, 0.25) is 0 Å². The Hall–Kier alpha value is -0.610. The Labute approximate surface area is 98.6 Å². The summed E-state index contributed by atoms with van der Waals surface area (Å²) in [4.78, 5) is 13.4. The molecule has 0 spiro atoms. The first-order valence-electron chi connectivity index (χ1n) is 6.23. The number of aliphatic hydroxyl groups excluding tert-OH is 1. The smallest absolute Gasteiger partial charge is 0.320 e. The molecule has 0 rings (SSSR count). The summed E-state index contributed by atoms with van der Waals surface area (Å²) in [7, 11) is 0. The van der Waals surface area contributed by atoms with Crippen molar-refractivity contribution < 1.29 is 14.6 Å². The van der Waals surface area contributed by atoms with Gasteiger partial charge in [-0.05, 0) is 19.4 Å². The highest BCUT2D eigenvalue weighted by atomic mass is 16.5. The predicted octanol–water partition coefficient (Wildman–Crippen LogP) is 1.42. The normalized spacial score (nSPS) is 10.8. The molecule has 0 amide bonds. The van der Waals surface area contributed by atoms with Gasteiger partial charge in [0.25, 0.3) is 0 Å². The van der Waals surface area contributed by atoms with E-state index in [0.29, 0.717) is 19.7 Å². The Balaban J connectivity index is 3.73. The van der Waals surface area contributed by atoms with E-state index in [2.05, 4.69) is 13.8 Å². The van der Waals surface area contributed by atoms with Crippen LogP contribution in [-0.2, 0) is 9.53 Å².